The Morgan fingerprint density at radius 3 is 2.77 bits per heavy atom. The van der Waals surface area contributed by atoms with Crippen LogP contribution in [0.5, 0.6) is 0 Å². The molecule has 1 rings (SSSR count). The fourth-order valence-electron chi connectivity index (χ4n) is 0.640. The molecule has 0 atom stereocenters. The van der Waals surface area contributed by atoms with E-state index in [1.165, 1.54) is 12.1 Å². The minimum atomic E-state index is -1.29. The maximum absolute atomic E-state index is 10.4. The summed E-state index contributed by atoms with van der Waals surface area (Å²) < 4.78 is 0.350. The first-order chi connectivity index (χ1) is 6.02. The molecule has 7 heteroatoms. The van der Waals surface area contributed by atoms with Crippen LogP contribution >= 0.6 is 27.5 Å². The van der Waals surface area contributed by atoms with E-state index in [9.17, 15) is 4.79 Å². The molecule has 3 N–H and O–H groups in total. The summed E-state index contributed by atoms with van der Waals surface area (Å²) in [5, 5.41) is 9.40. The van der Waals surface area contributed by atoms with E-state index in [-0.39, 0.29) is 5.82 Å². The van der Waals surface area contributed by atoms with Crippen LogP contribution in [0.4, 0.5) is 10.6 Å². The quantitative estimate of drug-likeness (QED) is 0.352. The van der Waals surface area contributed by atoms with Crippen LogP contribution in [0.1, 0.15) is 0 Å². The van der Waals surface area contributed by atoms with E-state index in [1.807, 2.05) is 0 Å². The molecule has 13 heavy (non-hydrogen) atoms. The van der Waals surface area contributed by atoms with Crippen molar-refractivity contribution in [2.75, 3.05) is 5.01 Å². The van der Waals surface area contributed by atoms with Crippen molar-refractivity contribution < 1.29 is 9.90 Å². The SMILES string of the molecule is NN(C(=O)O)c1ccc(Cl)c(Br)n1. The first-order valence-corrected chi connectivity index (χ1v) is 4.29. The topological polar surface area (TPSA) is 79.5 Å². The number of carboxylic acid groups (broad SMARTS) is 1. The zero-order chi connectivity index (χ0) is 10.0. The molecule has 0 aliphatic rings. The van der Waals surface area contributed by atoms with Gasteiger partial charge in [0.15, 0.2) is 5.82 Å². The predicted octanol–water partition coefficient (Wildman–Crippen LogP) is 1.86. The van der Waals surface area contributed by atoms with E-state index in [2.05, 4.69) is 20.9 Å². The third-order valence-electron chi connectivity index (χ3n) is 1.24. The Bertz CT molecular complexity index is 347. The highest BCUT2D eigenvalue weighted by Gasteiger charge is 2.11. The Morgan fingerprint density at radius 1 is 1.69 bits per heavy atom. The Labute approximate surface area is 87.2 Å². The van der Waals surface area contributed by atoms with E-state index in [1.54, 1.807) is 0 Å². The van der Waals surface area contributed by atoms with Gasteiger partial charge < -0.3 is 5.11 Å². The Morgan fingerprint density at radius 2 is 2.31 bits per heavy atom. The van der Waals surface area contributed by atoms with Crippen LogP contribution in [-0.2, 0) is 0 Å². The van der Waals surface area contributed by atoms with Crippen molar-refractivity contribution in [1.29, 1.82) is 0 Å². The summed E-state index contributed by atoms with van der Waals surface area (Å²) >= 11 is 8.69. The summed E-state index contributed by atoms with van der Waals surface area (Å²) in [6.07, 6.45) is -1.29. The third-order valence-corrected chi connectivity index (χ3v) is 2.38. The average Bonchev–Trinajstić information content (AvgIpc) is 2.08. The molecule has 0 unspecified atom stereocenters. The molecule has 0 fully saturated rings. The largest absolute Gasteiger partial charge is 0.464 e. The van der Waals surface area contributed by atoms with Gasteiger partial charge in [0.05, 0.1) is 5.02 Å². The summed E-state index contributed by atoms with van der Waals surface area (Å²) in [7, 11) is 0. The number of nitrogens with two attached hydrogens (primary N) is 1. The molecule has 0 saturated carbocycles. The van der Waals surface area contributed by atoms with Gasteiger partial charge in [-0.05, 0) is 28.1 Å². The fourth-order valence-corrected chi connectivity index (χ4v) is 1.06. The van der Waals surface area contributed by atoms with Crippen LogP contribution in [-0.4, -0.2) is 16.2 Å². The molecule has 1 aromatic rings. The molecule has 0 aliphatic carbocycles. The van der Waals surface area contributed by atoms with Crippen molar-refractivity contribution >= 4 is 39.4 Å². The normalized spacial score (nSPS) is 9.77. The van der Waals surface area contributed by atoms with Gasteiger partial charge in [0, 0.05) is 0 Å². The molecule has 70 valence electrons. The average molecular weight is 266 g/mol. The van der Waals surface area contributed by atoms with Crippen molar-refractivity contribution in [1.82, 2.24) is 4.98 Å². The van der Waals surface area contributed by atoms with Gasteiger partial charge in [0.25, 0.3) is 0 Å². The summed E-state index contributed by atoms with van der Waals surface area (Å²) in [6, 6.07) is 2.90. The second-order valence-electron chi connectivity index (χ2n) is 2.09. The van der Waals surface area contributed by atoms with Gasteiger partial charge in [-0.1, -0.05) is 11.6 Å². The molecule has 0 bridgehead atoms. The van der Waals surface area contributed by atoms with Crippen molar-refractivity contribution in [2.45, 2.75) is 0 Å². The molecule has 1 amide bonds. The molecule has 0 radical (unpaired) electrons. The highest BCUT2D eigenvalue weighted by Crippen LogP contribution is 2.22. The molecule has 0 spiro atoms. The van der Waals surface area contributed by atoms with Crippen LogP contribution in [0.25, 0.3) is 0 Å². The monoisotopic (exact) mass is 265 g/mol. The maximum Gasteiger partial charge on any atom is 0.427 e. The van der Waals surface area contributed by atoms with Gasteiger partial charge in [0.1, 0.15) is 4.60 Å². The Balaban J connectivity index is 3.03. The zero-order valence-corrected chi connectivity index (χ0v) is 8.58. The van der Waals surface area contributed by atoms with Crippen LogP contribution in [0, 0.1) is 0 Å². The number of halogens is 2. The predicted molar refractivity (Wildman–Crippen MR) is 51.6 cm³/mol. The van der Waals surface area contributed by atoms with E-state index in [4.69, 9.17) is 22.6 Å². The number of anilines is 1. The highest BCUT2D eigenvalue weighted by atomic mass is 79.9. The molecule has 1 heterocycles. The Kier molecular flexibility index (Phi) is 3.07. The number of hydrogen-bond acceptors (Lipinski definition) is 3. The third kappa shape index (κ3) is 2.30. The first-order valence-electron chi connectivity index (χ1n) is 3.12. The second kappa shape index (κ2) is 3.91. The summed E-state index contributed by atoms with van der Waals surface area (Å²) in [5.41, 5.74) is 0. The van der Waals surface area contributed by atoms with Crippen LogP contribution in [0.2, 0.25) is 5.02 Å². The number of nitrogens with zero attached hydrogens (tertiary/aromatic N) is 2. The molecular formula is C6H5BrClN3O2. The van der Waals surface area contributed by atoms with Crippen molar-refractivity contribution in [3.05, 3.63) is 21.8 Å². The summed E-state index contributed by atoms with van der Waals surface area (Å²) in [5.74, 6) is 5.26. The van der Waals surface area contributed by atoms with Crippen LogP contribution in [0.3, 0.4) is 0 Å². The van der Waals surface area contributed by atoms with Crippen molar-refractivity contribution in [3.63, 3.8) is 0 Å². The molecule has 0 aromatic carbocycles. The number of hydrazine groups is 1. The van der Waals surface area contributed by atoms with Crippen molar-refractivity contribution in [2.24, 2.45) is 5.84 Å². The van der Waals surface area contributed by atoms with E-state index < -0.39 is 6.09 Å². The van der Waals surface area contributed by atoms with Gasteiger partial charge in [-0.3, -0.25) is 0 Å². The van der Waals surface area contributed by atoms with Gasteiger partial charge in [-0.25, -0.2) is 15.6 Å². The van der Waals surface area contributed by atoms with E-state index >= 15 is 0 Å². The standard InChI is InChI=1S/C6H5BrClN3O2/c7-5-3(8)1-2-4(10-5)11(9)6(12)13/h1-2H,9H2,(H,12,13). The maximum atomic E-state index is 10.4. The van der Waals surface area contributed by atoms with Gasteiger partial charge >= 0.3 is 6.09 Å². The Hall–Kier alpha value is -0.850. The smallest absolute Gasteiger partial charge is 0.427 e. The number of rotatable bonds is 1. The molecule has 5 nitrogen and oxygen atoms in total. The minimum absolute atomic E-state index is 0.101. The lowest BCUT2D eigenvalue weighted by atomic mass is 10.4. The zero-order valence-electron chi connectivity index (χ0n) is 6.24. The van der Waals surface area contributed by atoms with Crippen molar-refractivity contribution in [3.8, 4) is 0 Å². The van der Waals surface area contributed by atoms with Gasteiger partial charge in [0.2, 0.25) is 0 Å². The second-order valence-corrected chi connectivity index (χ2v) is 3.25. The molecule has 0 aliphatic heterocycles. The molecule has 1 aromatic heterocycles. The molecular weight excluding hydrogens is 261 g/mol. The van der Waals surface area contributed by atoms with Gasteiger partial charge in [-0.2, -0.15) is 5.01 Å². The number of amides is 1. The van der Waals surface area contributed by atoms with Gasteiger partial charge in [-0.15, -0.1) is 0 Å². The summed E-state index contributed by atoms with van der Waals surface area (Å²) in [6.45, 7) is 0. The lowest BCUT2D eigenvalue weighted by molar-refractivity contribution is 0.201. The fraction of sp³-hybridized carbons (Fsp3) is 0. The number of pyridine rings is 1. The lowest BCUT2D eigenvalue weighted by Crippen LogP contribution is -2.36. The highest BCUT2D eigenvalue weighted by molar-refractivity contribution is 9.10. The summed E-state index contributed by atoms with van der Waals surface area (Å²) in [4.78, 5) is 14.2. The van der Waals surface area contributed by atoms with E-state index in [0.717, 1.165) is 0 Å². The van der Waals surface area contributed by atoms with E-state index in [0.29, 0.717) is 14.6 Å². The molecule has 0 saturated heterocycles. The van der Waals surface area contributed by atoms with Crippen LogP contribution < -0.4 is 10.9 Å². The number of hydrogen-bond donors (Lipinski definition) is 2. The number of aromatic nitrogens is 1. The first kappa shape index (κ1) is 10.2. The van der Waals surface area contributed by atoms with Crippen LogP contribution in [0.15, 0.2) is 16.7 Å². The lowest BCUT2D eigenvalue weighted by Gasteiger charge is -2.11. The minimum Gasteiger partial charge on any atom is -0.464 e. The number of carbonyl (C=O) groups is 1.